The third kappa shape index (κ3) is 5.10. The minimum Gasteiger partial charge on any atom is -0.497 e. The van der Waals surface area contributed by atoms with Crippen molar-refractivity contribution in [3.8, 4) is 22.6 Å². The molecule has 0 fully saturated rings. The van der Waals surface area contributed by atoms with E-state index in [4.69, 9.17) is 13.9 Å². The number of anilines is 2. The minimum absolute atomic E-state index is 0.180. The number of carbonyl (C=O) groups excluding carboxylic acids is 2. The molecule has 0 aliphatic carbocycles. The number of benzene rings is 3. The molecule has 4 aromatic rings. The molecule has 3 aromatic carbocycles. The number of hydrogen-bond acceptors (Lipinski definition) is 5. The molecule has 0 bridgehead atoms. The van der Waals surface area contributed by atoms with Gasteiger partial charge in [0.15, 0.2) is 0 Å². The van der Waals surface area contributed by atoms with Gasteiger partial charge in [0.05, 0.1) is 20.5 Å². The van der Waals surface area contributed by atoms with Gasteiger partial charge in [0.25, 0.3) is 0 Å². The van der Waals surface area contributed by atoms with Crippen molar-refractivity contribution >= 4 is 39.7 Å². The zero-order chi connectivity index (χ0) is 25.8. The number of carbonyl (C=O) groups is 2. The van der Waals surface area contributed by atoms with E-state index >= 15 is 0 Å². The van der Waals surface area contributed by atoms with Crippen LogP contribution in [-0.4, -0.2) is 26.0 Å². The lowest BCUT2D eigenvalue weighted by Gasteiger charge is -2.13. The molecule has 4 rings (SSSR count). The van der Waals surface area contributed by atoms with E-state index in [1.165, 1.54) is 13.0 Å². The van der Waals surface area contributed by atoms with E-state index < -0.39 is 0 Å². The first-order chi connectivity index (χ1) is 17.3. The quantitative estimate of drug-likeness (QED) is 0.295. The van der Waals surface area contributed by atoms with Gasteiger partial charge in [0, 0.05) is 46.5 Å². The highest BCUT2D eigenvalue weighted by molar-refractivity contribution is 6.06. The lowest BCUT2D eigenvalue weighted by Crippen LogP contribution is -2.10. The van der Waals surface area contributed by atoms with Crippen LogP contribution in [0.1, 0.15) is 25.0 Å². The Morgan fingerprint density at radius 3 is 2.25 bits per heavy atom. The summed E-state index contributed by atoms with van der Waals surface area (Å²) in [5.74, 6) is 0.944. The molecule has 2 amide bonds. The van der Waals surface area contributed by atoms with Gasteiger partial charge in [-0.05, 0) is 61.4 Å². The molecule has 0 spiro atoms. The molecular formula is C29H28N2O5. The molecule has 7 heteroatoms. The summed E-state index contributed by atoms with van der Waals surface area (Å²) >= 11 is 0. The van der Waals surface area contributed by atoms with Crippen LogP contribution in [0.3, 0.4) is 0 Å². The van der Waals surface area contributed by atoms with Crippen LogP contribution in [0.5, 0.6) is 11.5 Å². The van der Waals surface area contributed by atoms with Crippen molar-refractivity contribution in [3.05, 3.63) is 78.1 Å². The third-order valence-corrected chi connectivity index (χ3v) is 5.87. The van der Waals surface area contributed by atoms with Crippen LogP contribution in [0.2, 0.25) is 0 Å². The van der Waals surface area contributed by atoms with Gasteiger partial charge in [-0.1, -0.05) is 18.2 Å². The predicted octanol–water partition coefficient (Wildman–Crippen LogP) is 6.43. The molecule has 0 aliphatic heterocycles. The largest absolute Gasteiger partial charge is 0.497 e. The zero-order valence-corrected chi connectivity index (χ0v) is 20.9. The fraction of sp³-hybridized carbons (Fsp3) is 0.172. The number of fused-ring (bicyclic) bond motifs is 1. The molecule has 0 saturated carbocycles. The average Bonchev–Trinajstić information content (AvgIpc) is 3.28. The van der Waals surface area contributed by atoms with E-state index in [0.29, 0.717) is 17.1 Å². The predicted molar refractivity (Wildman–Crippen MR) is 143 cm³/mol. The molecule has 0 unspecified atom stereocenters. The Bertz CT molecular complexity index is 1470. The monoisotopic (exact) mass is 484 g/mol. The number of furan rings is 1. The Hall–Kier alpha value is -4.52. The molecule has 36 heavy (non-hydrogen) atoms. The molecule has 1 aromatic heterocycles. The highest BCUT2D eigenvalue weighted by Gasteiger charge is 2.19. The van der Waals surface area contributed by atoms with E-state index in [2.05, 4.69) is 10.6 Å². The topological polar surface area (TPSA) is 89.8 Å². The normalized spacial score (nSPS) is 11.3. The Morgan fingerprint density at radius 1 is 0.917 bits per heavy atom. The SMILES string of the molecule is COc1ccc(-c2coc3c(C)c(OC)c(/C(C)=C/C(=O)Nc4cccc(NC(C)=O)c4)cc23)cc1. The summed E-state index contributed by atoms with van der Waals surface area (Å²) in [5.41, 5.74) is 6.21. The van der Waals surface area contributed by atoms with Gasteiger partial charge in [-0.3, -0.25) is 9.59 Å². The zero-order valence-electron chi connectivity index (χ0n) is 20.9. The number of amides is 2. The van der Waals surface area contributed by atoms with Crippen LogP contribution in [0, 0.1) is 6.92 Å². The molecule has 1 heterocycles. The lowest BCUT2D eigenvalue weighted by atomic mass is 9.96. The molecule has 0 saturated heterocycles. The molecule has 2 N–H and O–H groups in total. The summed E-state index contributed by atoms with van der Waals surface area (Å²) < 4.78 is 16.9. The second kappa shape index (κ2) is 10.4. The first-order valence-corrected chi connectivity index (χ1v) is 11.4. The maximum absolute atomic E-state index is 12.8. The number of methoxy groups -OCH3 is 2. The van der Waals surface area contributed by atoms with Gasteiger partial charge >= 0.3 is 0 Å². The maximum Gasteiger partial charge on any atom is 0.248 e. The Kier molecular flexibility index (Phi) is 7.10. The van der Waals surface area contributed by atoms with Crippen molar-refractivity contribution in [1.82, 2.24) is 0 Å². The van der Waals surface area contributed by atoms with Crippen LogP contribution < -0.4 is 20.1 Å². The number of hydrogen-bond donors (Lipinski definition) is 2. The highest BCUT2D eigenvalue weighted by Crippen LogP contribution is 2.40. The van der Waals surface area contributed by atoms with Crippen LogP contribution in [0.4, 0.5) is 11.4 Å². The molecule has 7 nitrogen and oxygen atoms in total. The van der Waals surface area contributed by atoms with Crippen LogP contribution in [0.15, 0.2) is 71.4 Å². The molecule has 184 valence electrons. The van der Waals surface area contributed by atoms with Crippen LogP contribution in [0.25, 0.3) is 27.7 Å². The summed E-state index contributed by atoms with van der Waals surface area (Å²) in [5, 5.41) is 6.48. The van der Waals surface area contributed by atoms with E-state index in [1.807, 2.05) is 44.2 Å². The third-order valence-electron chi connectivity index (χ3n) is 5.87. The summed E-state index contributed by atoms with van der Waals surface area (Å²) in [4.78, 5) is 24.2. The Balaban J connectivity index is 1.69. The van der Waals surface area contributed by atoms with E-state index in [1.54, 1.807) is 44.7 Å². The highest BCUT2D eigenvalue weighted by atomic mass is 16.5. The number of rotatable bonds is 7. The minimum atomic E-state index is -0.296. The van der Waals surface area contributed by atoms with Crippen molar-refractivity contribution < 1.29 is 23.5 Å². The van der Waals surface area contributed by atoms with Crippen LogP contribution >= 0.6 is 0 Å². The molecule has 0 atom stereocenters. The summed E-state index contributed by atoms with van der Waals surface area (Å²) in [6.07, 6.45) is 3.26. The second-order valence-electron chi connectivity index (χ2n) is 8.42. The standard InChI is InChI=1S/C29H28N2O5/c1-17(13-27(33)31-22-8-6-7-21(14-22)30-19(3)32)24-15-25-26(20-9-11-23(34-4)12-10-20)16-36-29(25)18(2)28(24)35-5/h6-16H,1-5H3,(H,30,32)(H,31,33)/b17-13+. The van der Waals surface area contributed by atoms with Gasteiger partial charge in [-0.15, -0.1) is 0 Å². The number of aryl methyl sites for hydroxylation is 1. The van der Waals surface area contributed by atoms with Gasteiger partial charge in [-0.25, -0.2) is 0 Å². The van der Waals surface area contributed by atoms with E-state index in [9.17, 15) is 9.59 Å². The van der Waals surface area contributed by atoms with Crippen LogP contribution in [-0.2, 0) is 9.59 Å². The van der Waals surface area contributed by atoms with Crippen molar-refractivity contribution in [2.45, 2.75) is 20.8 Å². The summed E-state index contributed by atoms with van der Waals surface area (Å²) in [6, 6.07) is 16.7. The first-order valence-electron chi connectivity index (χ1n) is 11.4. The smallest absolute Gasteiger partial charge is 0.248 e. The fourth-order valence-electron chi connectivity index (χ4n) is 4.20. The maximum atomic E-state index is 12.8. The lowest BCUT2D eigenvalue weighted by molar-refractivity contribution is -0.114. The van der Waals surface area contributed by atoms with Gasteiger partial charge in [-0.2, -0.15) is 0 Å². The average molecular weight is 485 g/mol. The first kappa shape index (κ1) is 24.6. The number of ether oxygens (including phenoxy) is 2. The van der Waals surface area contributed by atoms with Gasteiger partial charge in [0.2, 0.25) is 11.8 Å². The van der Waals surface area contributed by atoms with Crippen molar-refractivity contribution in [3.63, 3.8) is 0 Å². The summed E-state index contributed by atoms with van der Waals surface area (Å²) in [6.45, 7) is 5.24. The fourth-order valence-corrected chi connectivity index (χ4v) is 4.20. The molecular weight excluding hydrogens is 456 g/mol. The molecule has 0 radical (unpaired) electrons. The Labute approximate surface area is 209 Å². The van der Waals surface area contributed by atoms with Gasteiger partial charge < -0.3 is 24.5 Å². The molecule has 0 aliphatic rings. The van der Waals surface area contributed by atoms with Gasteiger partial charge in [0.1, 0.15) is 17.1 Å². The van der Waals surface area contributed by atoms with E-state index in [0.717, 1.165) is 44.5 Å². The summed E-state index contributed by atoms with van der Waals surface area (Å²) in [7, 11) is 3.24. The Morgan fingerprint density at radius 2 is 1.61 bits per heavy atom. The number of nitrogens with one attached hydrogen (secondary N) is 2. The van der Waals surface area contributed by atoms with E-state index in [-0.39, 0.29) is 11.8 Å². The number of allylic oxidation sites excluding steroid dienone is 1. The van der Waals surface area contributed by atoms with Crippen molar-refractivity contribution in [2.24, 2.45) is 0 Å². The van der Waals surface area contributed by atoms with Crippen molar-refractivity contribution in [1.29, 1.82) is 0 Å². The van der Waals surface area contributed by atoms with Crippen molar-refractivity contribution in [2.75, 3.05) is 24.9 Å². The second-order valence-corrected chi connectivity index (χ2v) is 8.42.